The predicted octanol–water partition coefficient (Wildman–Crippen LogP) is 2.72. The van der Waals surface area contributed by atoms with E-state index in [1.165, 1.54) is 0 Å². The van der Waals surface area contributed by atoms with Crippen molar-refractivity contribution in [2.24, 2.45) is 10.9 Å². The number of para-hydroxylation sites is 1. The molecule has 1 aromatic carbocycles. The van der Waals surface area contributed by atoms with Gasteiger partial charge in [0, 0.05) is 32.7 Å². The Morgan fingerprint density at radius 1 is 1.42 bits per heavy atom. The van der Waals surface area contributed by atoms with E-state index in [0.29, 0.717) is 5.92 Å². The van der Waals surface area contributed by atoms with Crippen molar-refractivity contribution >= 4 is 11.9 Å². The van der Waals surface area contributed by atoms with Gasteiger partial charge in [0.1, 0.15) is 0 Å². The number of rotatable bonds is 2. The molecule has 0 heterocycles. The molecule has 0 unspecified atom stereocenters. The summed E-state index contributed by atoms with van der Waals surface area (Å²) in [6.45, 7) is 4.10. The molecule has 1 nitrogen and oxygen atoms in total. The molecule has 0 saturated carbocycles. The summed E-state index contributed by atoms with van der Waals surface area (Å²) in [7, 11) is 0. The van der Waals surface area contributed by atoms with E-state index >= 15 is 0 Å². The summed E-state index contributed by atoms with van der Waals surface area (Å²) in [5.41, 5.74) is 0.848. The maximum atomic E-state index is 4.10. The van der Waals surface area contributed by atoms with Crippen LogP contribution in [0.1, 0.15) is 13.8 Å². The maximum Gasteiger partial charge on any atom is 0 e. The normalized spacial score (nSPS) is 10.2. The van der Waals surface area contributed by atoms with Gasteiger partial charge in [-0.3, -0.25) is 6.07 Å². The Morgan fingerprint density at radius 2 is 2.17 bits per heavy atom. The standard InChI is InChI=1S/C10H11N.Y/c1-9(2)8-11-10-6-4-3-5-7-10;/h3-6,9H,1-2H3;/q-2;. The van der Waals surface area contributed by atoms with Gasteiger partial charge >= 0.3 is 0 Å². The maximum absolute atomic E-state index is 4.10. The molecule has 0 amide bonds. The van der Waals surface area contributed by atoms with Crippen LogP contribution in [-0.4, -0.2) is 6.21 Å². The van der Waals surface area contributed by atoms with Crippen LogP contribution in [0.5, 0.6) is 0 Å². The minimum absolute atomic E-state index is 0. The van der Waals surface area contributed by atoms with E-state index in [1.54, 1.807) is 0 Å². The van der Waals surface area contributed by atoms with Crippen molar-refractivity contribution in [1.29, 1.82) is 0 Å². The van der Waals surface area contributed by atoms with E-state index in [1.807, 2.05) is 38.1 Å². The first-order chi connectivity index (χ1) is 5.29. The SMILES string of the molecule is CC(C)[C-]=Nc1[c-]cccc1.[Y]. The summed E-state index contributed by atoms with van der Waals surface area (Å²) in [6, 6.07) is 10.6. The fourth-order valence-corrected chi connectivity index (χ4v) is 0.652. The Bertz CT molecular complexity index is 229. The summed E-state index contributed by atoms with van der Waals surface area (Å²) < 4.78 is 0. The molecule has 0 N–H and O–H groups in total. The fraction of sp³-hybridized carbons (Fsp3) is 0.300. The van der Waals surface area contributed by atoms with Crippen LogP contribution in [0.25, 0.3) is 0 Å². The van der Waals surface area contributed by atoms with Gasteiger partial charge in [-0.15, -0.1) is 0 Å². The Morgan fingerprint density at radius 3 is 2.67 bits per heavy atom. The number of hydrogen-bond acceptors (Lipinski definition) is 1. The van der Waals surface area contributed by atoms with Gasteiger partial charge in [-0.2, -0.15) is 24.4 Å². The van der Waals surface area contributed by atoms with E-state index in [2.05, 4.69) is 17.3 Å². The second-order valence-corrected chi connectivity index (χ2v) is 2.64. The van der Waals surface area contributed by atoms with Crippen LogP contribution in [0.4, 0.5) is 5.69 Å². The molecule has 1 aromatic rings. The first-order valence-corrected chi connectivity index (χ1v) is 3.72. The minimum atomic E-state index is 0. The second-order valence-electron chi connectivity index (χ2n) is 2.64. The molecule has 0 saturated heterocycles. The Labute approximate surface area is 99.2 Å². The summed E-state index contributed by atoms with van der Waals surface area (Å²) in [5, 5.41) is 0. The first-order valence-electron chi connectivity index (χ1n) is 3.72. The summed E-state index contributed by atoms with van der Waals surface area (Å²) in [6.07, 6.45) is 2.96. The molecule has 0 aromatic heterocycles. The quantitative estimate of drug-likeness (QED) is 0.551. The van der Waals surface area contributed by atoms with Crippen molar-refractivity contribution in [3.8, 4) is 0 Å². The molecule has 12 heavy (non-hydrogen) atoms. The van der Waals surface area contributed by atoms with E-state index in [9.17, 15) is 0 Å². The van der Waals surface area contributed by atoms with Crippen LogP contribution in [-0.2, 0) is 32.7 Å². The minimum Gasteiger partial charge on any atom is -0.481 e. The molecule has 0 atom stereocenters. The summed E-state index contributed by atoms with van der Waals surface area (Å²) in [4.78, 5) is 4.10. The predicted molar refractivity (Wildman–Crippen MR) is 47.2 cm³/mol. The number of aliphatic imine (C=N–C) groups is 1. The molecule has 0 aliphatic heterocycles. The molecule has 0 fully saturated rings. The third-order valence-electron chi connectivity index (χ3n) is 1.14. The molecule has 0 bridgehead atoms. The molecule has 1 radical (unpaired) electrons. The largest absolute Gasteiger partial charge is 0.481 e. The summed E-state index contributed by atoms with van der Waals surface area (Å²) in [5.74, 6) is 0.378. The van der Waals surface area contributed by atoms with Gasteiger partial charge < -0.3 is 4.99 Å². The molecular weight excluding hydrogens is 223 g/mol. The van der Waals surface area contributed by atoms with Gasteiger partial charge in [-0.25, -0.2) is 11.8 Å². The van der Waals surface area contributed by atoms with Crippen molar-refractivity contribution in [3.63, 3.8) is 0 Å². The van der Waals surface area contributed by atoms with E-state index in [0.717, 1.165) is 5.69 Å². The number of nitrogens with zero attached hydrogens (tertiary/aromatic N) is 1. The van der Waals surface area contributed by atoms with Gasteiger partial charge in [0.25, 0.3) is 0 Å². The second kappa shape index (κ2) is 6.50. The zero-order chi connectivity index (χ0) is 8.10. The van der Waals surface area contributed by atoms with Crippen LogP contribution in [0.2, 0.25) is 0 Å². The average Bonchev–Trinajstić information content (AvgIpc) is 2.03. The van der Waals surface area contributed by atoms with Gasteiger partial charge in [0.05, 0.1) is 0 Å². The first kappa shape index (κ1) is 12.0. The molecule has 61 valence electrons. The molecular formula is C10H11NY-2. The van der Waals surface area contributed by atoms with E-state index < -0.39 is 0 Å². The Kier molecular flexibility index (Phi) is 6.50. The Hall–Kier alpha value is -0.00610. The molecule has 1 rings (SSSR count). The zero-order valence-corrected chi connectivity index (χ0v) is 10.2. The Balaban J connectivity index is 0.00000121. The monoisotopic (exact) mass is 234 g/mol. The molecule has 2 heteroatoms. The van der Waals surface area contributed by atoms with Crippen LogP contribution in [0, 0.1) is 12.0 Å². The fourth-order valence-electron chi connectivity index (χ4n) is 0.652. The van der Waals surface area contributed by atoms with E-state index in [4.69, 9.17) is 0 Å². The third-order valence-corrected chi connectivity index (χ3v) is 1.14. The summed E-state index contributed by atoms with van der Waals surface area (Å²) >= 11 is 0. The van der Waals surface area contributed by atoms with Crippen molar-refractivity contribution in [2.45, 2.75) is 13.8 Å². The van der Waals surface area contributed by atoms with Crippen LogP contribution in [0.15, 0.2) is 29.3 Å². The van der Waals surface area contributed by atoms with Crippen molar-refractivity contribution in [3.05, 3.63) is 30.3 Å². The number of benzene rings is 1. The van der Waals surface area contributed by atoms with Crippen LogP contribution >= 0.6 is 0 Å². The smallest absolute Gasteiger partial charge is 0 e. The third kappa shape index (κ3) is 4.79. The van der Waals surface area contributed by atoms with Crippen molar-refractivity contribution in [2.75, 3.05) is 0 Å². The van der Waals surface area contributed by atoms with Crippen molar-refractivity contribution in [1.82, 2.24) is 0 Å². The van der Waals surface area contributed by atoms with Crippen LogP contribution in [0.3, 0.4) is 0 Å². The van der Waals surface area contributed by atoms with Gasteiger partial charge in [-0.05, 0) is 0 Å². The van der Waals surface area contributed by atoms with Gasteiger partial charge in [-0.1, -0.05) is 19.8 Å². The topological polar surface area (TPSA) is 12.4 Å². The molecule has 0 aliphatic carbocycles. The molecule has 0 aliphatic rings. The average molecular weight is 234 g/mol. The molecule has 0 spiro atoms. The van der Waals surface area contributed by atoms with Gasteiger partial charge in [0.15, 0.2) is 0 Å². The van der Waals surface area contributed by atoms with Crippen molar-refractivity contribution < 1.29 is 32.7 Å². The van der Waals surface area contributed by atoms with Gasteiger partial charge in [0.2, 0.25) is 0 Å². The van der Waals surface area contributed by atoms with Crippen LogP contribution < -0.4 is 0 Å². The number of hydrogen-bond donors (Lipinski definition) is 0. The van der Waals surface area contributed by atoms with E-state index in [-0.39, 0.29) is 32.7 Å². The zero-order valence-electron chi connectivity index (χ0n) is 7.41.